The quantitative estimate of drug-likeness (QED) is 0.183. The number of amidine groups is 1. The second kappa shape index (κ2) is 17.4. The number of halogens is 3. The van der Waals surface area contributed by atoms with Crippen LogP contribution in [0.2, 0.25) is 15.1 Å². The zero-order chi connectivity index (χ0) is 29.6. The highest BCUT2D eigenvalue weighted by atomic mass is 35.5. The molecule has 0 radical (unpaired) electrons. The van der Waals surface area contributed by atoms with Crippen LogP contribution in [0, 0.1) is 0 Å². The zero-order valence-corrected chi connectivity index (χ0v) is 25.9. The number of rotatable bonds is 16. The molecule has 41 heavy (non-hydrogen) atoms. The Bertz CT molecular complexity index is 1210. The van der Waals surface area contributed by atoms with Crippen LogP contribution in [0.5, 0.6) is 0 Å². The van der Waals surface area contributed by atoms with E-state index in [4.69, 9.17) is 34.8 Å². The summed E-state index contributed by atoms with van der Waals surface area (Å²) in [6.07, 6.45) is 15.2. The van der Waals surface area contributed by atoms with E-state index in [1.807, 2.05) is 0 Å². The fourth-order valence-corrected chi connectivity index (χ4v) is 5.68. The van der Waals surface area contributed by atoms with Crippen LogP contribution in [-0.2, 0) is 9.59 Å². The van der Waals surface area contributed by atoms with Crippen molar-refractivity contribution in [1.82, 2.24) is 5.32 Å². The number of benzene rings is 2. The average Bonchev–Trinajstić information content (AvgIpc) is 3.27. The number of carbonyl (C=O) groups excluding carboxylic acids is 3. The van der Waals surface area contributed by atoms with E-state index in [1.165, 1.54) is 69.9 Å². The third-order valence-corrected chi connectivity index (χ3v) is 7.69. The number of nitrogens with zero attached hydrogens (tertiary/aromatic N) is 2. The molecule has 0 bridgehead atoms. The predicted octanol–water partition coefficient (Wildman–Crippen LogP) is 9.16. The van der Waals surface area contributed by atoms with E-state index < -0.39 is 11.8 Å². The van der Waals surface area contributed by atoms with E-state index in [0.29, 0.717) is 22.7 Å². The lowest BCUT2D eigenvalue weighted by Crippen LogP contribution is -2.29. The lowest BCUT2D eigenvalue weighted by atomic mass is 10.0. The Morgan fingerprint density at radius 3 is 2.02 bits per heavy atom. The largest absolute Gasteiger partial charge is 0.326 e. The molecule has 10 heteroatoms. The summed E-state index contributed by atoms with van der Waals surface area (Å²) < 4.78 is 0. The average molecular weight is 622 g/mol. The number of hydrogen-bond donors (Lipinski definition) is 2. The fourth-order valence-electron chi connectivity index (χ4n) is 4.70. The lowest BCUT2D eigenvalue weighted by Gasteiger charge is -2.15. The minimum Gasteiger partial charge on any atom is -0.326 e. The van der Waals surface area contributed by atoms with E-state index in [2.05, 4.69) is 22.7 Å². The molecule has 1 aliphatic heterocycles. The molecule has 3 rings (SSSR count). The van der Waals surface area contributed by atoms with Crippen molar-refractivity contribution in [2.75, 3.05) is 10.3 Å². The number of anilines is 2. The summed E-state index contributed by atoms with van der Waals surface area (Å²) in [5.41, 5.74) is 1.06. The van der Waals surface area contributed by atoms with Gasteiger partial charge in [0, 0.05) is 22.7 Å². The van der Waals surface area contributed by atoms with Crippen molar-refractivity contribution in [3.8, 4) is 0 Å². The summed E-state index contributed by atoms with van der Waals surface area (Å²) in [5, 5.41) is 11.4. The molecule has 0 aliphatic carbocycles. The van der Waals surface area contributed by atoms with E-state index >= 15 is 0 Å². The van der Waals surface area contributed by atoms with Crippen molar-refractivity contribution in [1.29, 1.82) is 0 Å². The molecule has 0 saturated carbocycles. The summed E-state index contributed by atoms with van der Waals surface area (Å²) in [6.45, 7) is 2.24. The first-order valence-corrected chi connectivity index (χ1v) is 15.7. The minimum absolute atomic E-state index is 0.0761. The molecular weight excluding hydrogens is 583 g/mol. The van der Waals surface area contributed by atoms with Crippen molar-refractivity contribution < 1.29 is 14.4 Å². The highest BCUT2D eigenvalue weighted by Gasteiger charge is 2.30. The van der Waals surface area contributed by atoms with Gasteiger partial charge in [-0.15, -0.1) is 0 Å². The van der Waals surface area contributed by atoms with Crippen LogP contribution in [0.1, 0.15) is 107 Å². The van der Waals surface area contributed by atoms with Crippen LogP contribution in [0.25, 0.3) is 0 Å². The molecule has 1 aliphatic rings. The Kier molecular flexibility index (Phi) is 13.9. The van der Waals surface area contributed by atoms with Gasteiger partial charge in [-0.1, -0.05) is 118 Å². The van der Waals surface area contributed by atoms with Crippen LogP contribution in [0.3, 0.4) is 0 Å². The summed E-state index contributed by atoms with van der Waals surface area (Å²) in [6, 6.07) is 9.56. The standard InChI is InChI=1S/C31H39Cl3N4O3/c1-2-3-4-5-6-7-8-9-10-11-12-13-17-28(39)35-24-16-14-15-22(18-24)31(41)36-27-21-29(40)38(37-27)30-25(33)19-23(32)20-26(30)34/h14-16,18-20H,2-13,17,21H2,1H3,(H,35,39)(H,36,37,41). The molecule has 2 aromatic carbocycles. The van der Waals surface area contributed by atoms with Gasteiger partial charge in [-0.2, -0.15) is 10.1 Å². The summed E-state index contributed by atoms with van der Waals surface area (Å²) in [7, 11) is 0. The Hall–Kier alpha value is -2.61. The van der Waals surface area contributed by atoms with Crippen LogP contribution >= 0.6 is 34.8 Å². The van der Waals surface area contributed by atoms with Crippen molar-refractivity contribution in [3.63, 3.8) is 0 Å². The van der Waals surface area contributed by atoms with Crippen molar-refractivity contribution in [2.45, 2.75) is 96.8 Å². The number of unbranched alkanes of at least 4 members (excludes halogenated alkanes) is 11. The summed E-state index contributed by atoms with van der Waals surface area (Å²) in [5.74, 6) is -0.773. The molecule has 0 unspecified atom stereocenters. The predicted molar refractivity (Wildman–Crippen MR) is 169 cm³/mol. The number of amides is 3. The van der Waals surface area contributed by atoms with E-state index in [0.717, 1.165) is 24.3 Å². The smallest absolute Gasteiger partial charge is 0.256 e. The van der Waals surface area contributed by atoms with Crippen molar-refractivity contribution in [2.24, 2.45) is 5.10 Å². The lowest BCUT2D eigenvalue weighted by molar-refractivity contribution is -0.117. The van der Waals surface area contributed by atoms with Gasteiger partial charge in [0.05, 0.1) is 16.5 Å². The highest BCUT2D eigenvalue weighted by molar-refractivity contribution is 6.42. The maximum Gasteiger partial charge on any atom is 0.256 e. The van der Waals surface area contributed by atoms with Gasteiger partial charge in [-0.25, -0.2) is 0 Å². The van der Waals surface area contributed by atoms with Gasteiger partial charge in [-0.05, 0) is 36.8 Å². The molecule has 2 N–H and O–H groups in total. The Morgan fingerprint density at radius 2 is 1.41 bits per heavy atom. The van der Waals surface area contributed by atoms with Gasteiger partial charge in [0.15, 0.2) is 0 Å². The molecule has 2 aromatic rings. The van der Waals surface area contributed by atoms with Crippen LogP contribution in [-0.4, -0.2) is 23.6 Å². The molecule has 0 atom stereocenters. The SMILES string of the molecule is CCCCCCCCCCCCCCC(=O)Nc1cccc(C(=O)NC2=NN(c3c(Cl)cc(Cl)cc3Cl)C(=O)C2)c1. The molecule has 222 valence electrons. The fraction of sp³-hybridized carbons (Fsp3) is 0.484. The first kappa shape index (κ1) is 32.9. The van der Waals surface area contributed by atoms with Crippen molar-refractivity contribution in [3.05, 3.63) is 57.0 Å². The van der Waals surface area contributed by atoms with E-state index in [9.17, 15) is 14.4 Å². The molecule has 0 spiro atoms. The number of carbonyl (C=O) groups is 3. The Balaban J connectivity index is 1.39. The second-order valence-corrected chi connectivity index (χ2v) is 11.6. The molecule has 3 amide bonds. The van der Waals surface area contributed by atoms with Crippen molar-refractivity contribution >= 4 is 69.7 Å². The summed E-state index contributed by atoms with van der Waals surface area (Å²) in [4.78, 5) is 37.9. The van der Waals surface area contributed by atoms with Gasteiger partial charge < -0.3 is 10.6 Å². The molecular formula is C31H39Cl3N4O3. The van der Waals surface area contributed by atoms with Crippen LogP contribution < -0.4 is 15.6 Å². The molecule has 0 fully saturated rings. The second-order valence-electron chi connectivity index (χ2n) is 10.4. The maximum atomic E-state index is 12.9. The first-order valence-electron chi connectivity index (χ1n) is 14.5. The molecule has 7 nitrogen and oxygen atoms in total. The van der Waals surface area contributed by atoms with Gasteiger partial charge in [-0.3, -0.25) is 14.4 Å². The van der Waals surface area contributed by atoms with Crippen LogP contribution in [0.4, 0.5) is 11.4 Å². The van der Waals surface area contributed by atoms with E-state index in [1.54, 1.807) is 24.3 Å². The van der Waals surface area contributed by atoms with E-state index in [-0.39, 0.29) is 33.9 Å². The Labute approximate surface area is 258 Å². The molecule has 0 saturated heterocycles. The Morgan fingerprint density at radius 1 is 0.829 bits per heavy atom. The van der Waals surface area contributed by atoms with Crippen LogP contribution in [0.15, 0.2) is 41.5 Å². The van der Waals surface area contributed by atoms with Gasteiger partial charge in [0.2, 0.25) is 5.91 Å². The van der Waals surface area contributed by atoms with Gasteiger partial charge in [0.25, 0.3) is 11.8 Å². The topological polar surface area (TPSA) is 90.9 Å². The molecule has 1 heterocycles. The summed E-state index contributed by atoms with van der Waals surface area (Å²) >= 11 is 18.4. The number of nitrogens with one attached hydrogen (secondary N) is 2. The first-order chi connectivity index (χ1) is 19.8. The number of hydrazone groups is 1. The maximum absolute atomic E-state index is 12.9. The zero-order valence-electron chi connectivity index (χ0n) is 23.6. The minimum atomic E-state index is -0.455. The normalized spacial score (nSPS) is 12.9. The monoisotopic (exact) mass is 620 g/mol. The highest BCUT2D eigenvalue weighted by Crippen LogP contribution is 2.38. The van der Waals surface area contributed by atoms with Gasteiger partial charge in [0.1, 0.15) is 11.5 Å². The number of hydrogen-bond acceptors (Lipinski definition) is 4. The molecule has 0 aromatic heterocycles. The third-order valence-electron chi connectivity index (χ3n) is 6.89. The van der Waals surface area contributed by atoms with Gasteiger partial charge >= 0.3 is 0 Å². The third kappa shape index (κ3) is 11.0.